The number of nitrogens with one attached hydrogen (secondary N) is 1. The lowest BCUT2D eigenvalue weighted by molar-refractivity contribution is -0.136. The first-order valence-electron chi connectivity index (χ1n) is 8.41. The van der Waals surface area contributed by atoms with Crippen LogP contribution in [0.2, 0.25) is 0 Å². The zero-order valence-electron chi connectivity index (χ0n) is 15.3. The number of hydrogen-bond acceptors (Lipinski definition) is 4. The topological polar surface area (TPSA) is 88.4 Å². The van der Waals surface area contributed by atoms with Gasteiger partial charge in [0.1, 0.15) is 0 Å². The number of aryl methyl sites for hydroxylation is 2. The summed E-state index contributed by atoms with van der Waals surface area (Å²) in [6, 6.07) is 13.2. The normalized spacial score (nSPS) is 11.5. The van der Waals surface area contributed by atoms with Crippen molar-refractivity contribution in [2.24, 2.45) is 0 Å². The number of hydrogen-bond donors (Lipinski definition) is 2. The van der Waals surface area contributed by atoms with Crippen molar-refractivity contribution in [2.45, 2.75) is 19.8 Å². The molecule has 0 aliphatic rings. The fourth-order valence-corrected chi connectivity index (χ4v) is 4.98. The van der Waals surface area contributed by atoms with Crippen LogP contribution in [0.1, 0.15) is 17.7 Å². The second-order valence-electron chi connectivity index (χ2n) is 6.42. The Morgan fingerprint density at radius 2 is 1.96 bits per heavy atom. The number of rotatable bonds is 7. The molecule has 0 saturated heterocycles. The van der Waals surface area contributed by atoms with Crippen LogP contribution in [0.4, 0.5) is 5.69 Å². The van der Waals surface area contributed by atoms with E-state index < -0.39 is 16.0 Å². The molecule has 0 aliphatic carbocycles. The predicted octanol–water partition coefficient (Wildman–Crippen LogP) is 4.67. The summed E-state index contributed by atoms with van der Waals surface area (Å²) < 4.78 is 28.5. The van der Waals surface area contributed by atoms with Crippen molar-refractivity contribution in [3.8, 4) is 16.3 Å². The molecule has 0 saturated carbocycles. The number of carbonyl (C=O) groups is 1. The Labute approximate surface area is 176 Å². The number of carboxylic acids is 1. The van der Waals surface area contributed by atoms with E-state index in [2.05, 4.69) is 20.7 Å². The van der Waals surface area contributed by atoms with Gasteiger partial charge in [-0.15, -0.1) is 11.3 Å². The van der Waals surface area contributed by atoms with E-state index in [9.17, 15) is 13.2 Å². The third kappa shape index (κ3) is 4.84. The molecular formula is C19H19BrN2O4S2. The minimum atomic E-state index is -3.36. The number of nitrogens with zero attached hydrogens (tertiary/aromatic N) is 1. The van der Waals surface area contributed by atoms with E-state index in [1.165, 1.54) is 0 Å². The summed E-state index contributed by atoms with van der Waals surface area (Å²) >= 11 is 5.08. The summed E-state index contributed by atoms with van der Waals surface area (Å²) in [5.74, 6) is -0.849. The number of aromatic nitrogens is 1. The number of thiophene rings is 1. The predicted molar refractivity (Wildman–Crippen MR) is 116 cm³/mol. The van der Waals surface area contributed by atoms with Gasteiger partial charge in [-0.2, -0.15) is 0 Å². The van der Waals surface area contributed by atoms with Crippen LogP contribution < -0.4 is 4.72 Å². The van der Waals surface area contributed by atoms with Crippen LogP contribution in [-0.2, 0) is 21.2 Å². The van der Waals surface area contributed by atoms with Gasteiger partial charge in [-0.1, -0.05) is 0 Å². The lowest BCUT2D eigenvalue weighted by Crippen LogP contribution is -2.10. The minimum Gasteiger partial charge on any atom is -0.481 e. The van der Waals surface area contributed by atoms with Crippen molar-refractivity contribution >= 4 is 48.9 Å². The van der Waals surface area contributed by atoms with Gasteiger partial charge in [0.25, 0.3) is 0 Å². The number of sulfonamides is 1. The van der Waals surface area contributed by atoms with Crippen LogP contribution in [0.5, 0.6) is 0 Å². The van der Waals surface area contributed by atoms with Crippen LogP contribution in [0.15, 0.2) is 46.3 Å². The fourth-order valence-electron chi connectivity index (χ4n) is 3.02. The summed E-state index contributed by atoms with van der Waals surface area (Å²) in [6.07, 6.45) is 1.54. The molecule has 2 heterocycles. The molecule has 0 bridgehead atoms. The summed E-state index contributed by atoms with van der Waals surface area (Å²) in [5.41, 5.74) is 4.09. The minimum absolute atomic E-state index is 0.0321. The molecule has 0 radical (unpaired) electrons. The van der Waals surface area contributed by atoms with Crippen LogP contribution in [-0.4, -0.2) is 30.3 Å². The average molecular weight is 483 g/mol. The zero-order chi connectivity index (χ0) is 20.5. The van der Waals surface area contributed by atoms with E-state index in [1.807, 2.05) is 41.8 Å². The Morgan fingerprint density at radius 3 is 2.54 bits per heavy atom. The van der Waals surface area contributed by atoms with Gasteiger partial charge in [-0.05, 0) is 77.3 Å². The highest BCUT2D eigenvalue weighted by Gasteiger charge is 2.16. The van der Waals surface area contributed by atoms with Crippen molar-refractivity contribution in [1.82, 2.24) is 4.57 Å². The molecule has 28 heavy (non-hydrogen) atoms. The van der Waals surface area contributed by atoms with Gasteiger partial charge in [0.05, 0.1) is 27.0 Å². The van der Waals surface area contributed by atoms with Crippen molar-refractivity contribution in [2.75, 3.05) is 11.0 Å². The Morgan fingerprint density at radius 1 is 1.21 bits per heavy atom. The van der Waals surface area contributed by atoms with E-state index in [-0.39, 0.29) is 6.42 Å². The molecule has 9 heteroatoms. The highest BCUT2D eigenvalue weighted by Crippen LogP contribution is 2.35. The number of carboxylic acid groups (broad SMARTS) is 1. The highest BCUT2D eigenvalue weighted by molar-refractivity contribution is 9.11. The standard InChI is InChI=1S/C19H19BrN2O4S2/c1-12-11-13(21-28(2,25)26)3-6-15(12)22-14(5-10-19(23)24)4-7-16(22)17-8-9-18(20)27-17/h3-4,6-9,11,21H,5,10H2,1-2H3,(H,23,24). The molecule has 0 spiro atoms. The zero-order valence-corrected chi connectivity index (χ0v) is 18.5. The number of halogens is 1. The Bertz CT molecular complexity index is 1130. The van der Waals surface area contributed by atoms with E-state index in [0.717, 1.165) is 37.6 Å². The second kappa shape index (κ2) is 8.10. The molecule has 6 nitrogen and oxygen atoms in total. The molecule has 1 aromatic carbocycles. The van der Waals surface area contributed by atoms with E-state index in [0.29, 0.717) is 12.1 Å². The van der Waals surface area contributed by atoms with Gasteiger partial charge in [0, 0.05) is 17.1 Å². The van der Waals surface area contributed by atoms with E-state index in [4.69, 9.17) is 5.11 Å². The maximum Gasteiger partial charge on any atom is 0.303 e. The first kappa shape index (κ1) is 20.6. The number of aliphatic carboxylic acids is 1. The molecule has 0 aliphatic heterocycles. The van der Waals surface area contributed by atoms with Crippen molar-refractivity contribution < 1.29 is 18.3 Å². The highest BCUT2D eigenvalue weighted by atomic mass is 79.9. The van der Waals surface area contributed by atoms with Gasteiger partial charge in [0.15, 0.2) is 0 Å². The Kier molecular flexibility index (Phi) is 5.97. The molecule has 3 rings (SSSR count). The van der Waals surface area contributed by atoms with Crippen LogP contribution in [0.25, 0.3) is 16.3 Å². The van der Waals surface area contributed by atoms with Crippen LogP contribution in [0, 0.1) is 6.92 Å². The quantitative estimate of drug-likeness (QED) is 0.512. The van der Waals surface area contributed by atoms with Gasteiger partial charge < -0.3 is 9.67 Å². The van der Waals surface area contributed by atoms with Crippen molar-refractivity contribution in [3.63, 3.8) is 0 Å². The van der Waals surface area contributed by atoms with Gasteiger partial charge in [-0.25, -0.2) is 8.42 Å². The lowest BCUT2D eigenvalue weighted by Gasteiger charge is -2.16. The largest absolute Gasteiger partial charge is 0.481 e. The summed E-state index contributed by atoms with van der Waals surface area (Å²) in [5, 5.41) is 9.08. The molecular weight excluding hydrogens is 464 g/mol. The molecule has 0 amide bonds. The van der Waals surface area contributed by atoms with E-state index >= 15 is 0 Å². The molecule has 2 aromatic heterocycles. The van der Waals surface area contributed by atoms with Crippen LogP contribution >= 0.6 is 27.3 Å². The van der Waals surface area contributed by atoms with E-state index in [1.54, 1.807) is 23.5 Å². The first-order valence-corrected chi connectivity index (χ1v) is 11.9. The molecule has 0 unspecified atom stereocenters. The maximum atomic E-state index is 11.5. The average Bonchev–Trinajstić information content (AvgIpc) is 3.17. The summed E-state index contributed by atoms with van der Waals surface area (Å²) in [4.78, 5) is 12.1. The maximum absolute atomic E-state index is 11.5. The summed E-state index contributed by atoms with van der Waals surface area (Å²) in [6.45, 7) is 1.90. The van der Waals surface area contributed by atoms with Crippen molar-refractivity contribution in [1.29, 1.82) is 0 Å². The monoisotopic (exact) mass is 482 g/mol. The molecule has 3 aromatic rings. The fraction of sp³-hybridized carbons (Fsp3) is 0.211. The Balaban J connectivity index is 2.10. The van der Waals surface area contributed by atoms with Gasteiger partial charge in [-0.3, -0.25) is 9.52 Å². The SMILES string of the molecule is Cc1cc(NS(C)(=O)=O)ccc1-n1c(CCC(=O)O)ccc1-c1ccc(Br)s1. The van der Waals surface area contributed by atoms with Crippen LogP contribution in [0.3, 0.4) is 0 Å². The summed E-state index contributed by atoms with van der Waals surface area (Å²) in [7, 11) is -3.36. The molecule has 2 N–H and O–H groups in total. The third-order valence-electron chi connectivity index (χ3n) is 4.12. The third-order valence-corrected chi connectivity index (χ3v) is 6.38. The van der Waals surface area contributed by atoms with Crippen molar-refractivity contribution in [3.05, 3.63) is 57.5 Å². The second-order valence-corrected chi connectivity index (χ2v) is 10.6. The lowest BCUT2D eigenvalue weighted by atomic mass is 10.1. The first-order chi connectivity index (χ1) is 13.1. The smallest absolute Gasteiger partial charge is 0.303 e. The molecule has 0 fully saturated rings. The Hall–Kier alpha value is -2.10. The number of benzene rings is 1. The molecule has 148 valence electrons. The van der Waals surface area contributed by atoms with Gasteiger partial charge >= 0.3 is 5.97 Å². The molecule has 0 atom stereocenters. The van der Waals surface area contributed by atoms with Gasteiger partial charge in [0.2, 0.25) is 10.0 Å². The number of anilines is 1.